The van der Waals surface area contributed by atoms with Crippen LogP contribution < -0.4 is 0 Å². The number of hydrogen-bond acceptors (Lipinski definition) is 2. The zero-order valence-electron chi connectivity index (χ0n) is 9.80. The highest BCUT2D eigenvalue weighted by molar-refractivity contribution is 7.99. The van der Waals surface area contributed by atoms with E-state index in [1.807, 2.05) is 48.1 Å². The summed E-state index contributed by atoms with van der Waals surface area (Å²) in [5, 5.41) is 0. The molecule has 0 amide bonds. The van der Waals surface area contributed by atoms with Gasteiger partial charge < -0.3 is 4.57 Å². The van der Waals surface area contributed by atoms with Crippen molar-refractivity contribution in [3.8, 4) is 0 Å². The third-order valence-corrected chi connectivity index (χ3v) is 3.58. The molecule has 17 heavy (non-hydrogen) atoms. The predicted molar refractivity (Wildman–Crippen MR) is 72.3 cm³/mol. The molecule has 0 bridgehead atoms. The lowest BCUT2D eigenvalue weighted by atomic mass is 10.2. The highest BCUT2D eigenvalue weighted by atomic mass is 32.2. The first-order valence-corrected chi connectivity index (χ1v) is 6.69. The van der Waals surface area contributed by atoms with Crippen molar-refractivity contribution < 1.29 is 4.79 Å². The summed E-state index contributed by atoms with van der Waals surface area (Å²) in [5.74, 6) is 1.61. The maximum atomic E-state index is 11.9. The maximum absolute atomic E-state index is 11.9. The minimum Gasteiger partial charge on any atom is -0.348 e. The summed E-state index contributed by atoms with van der Waals surface area (Å²) in [4.78, 5) is 11.9. The molecule has 0 aliphatic rings. The van der Waals surface area contributed by atoms with Crippen molar-refractivity contribution in [3.05, 3.63) is 59.9 Å². The van der Waals surface area contributed by atoms with Crippen LogP contribution in [0.15, 0.2) is 48.7 Å². The highest BCUT2D eigenvalue weighted by Crippen LogP contribution is 2.13. The number of aryl methyl sites for hydroxylation is 1. The van der Waals surface area contributed by atoms with E-state index in [1.165, 1.54) is 5.56 Å². The number of aromatic nitrogens is 1. The maximum Gasteiger partial charge on any atom is 0.189 e. The van der Waals surface area contributed by atoms with E-state index in [0.717, 1.165) is 11.4 Å². The number of Topliss-reactive ketones (excluding diaryl/α,β-unsaturated/α-hetero) is 1. The molecule has 2 nitrogen and oxygen atoms in total. The average molecular weight is 245 g/mol. The van der Waals surface area contributed by atoms with E-state index in [1.54, 1.807) is 11.8 Å². The van der Waals surface area contributed by atoms with E-state index in [4.69, 9.17) is 0 Å². The van der Waals surface area contributed by atoms with Gasteiger partial charge in [-0.3, -0.25) is 4.79 Å². The predicted octanol–water partition coefficient (Wildman–Crippen LogP) is 3.14. The molecule has 0 N–H and O–H groups in total. The Bertz CT molecular complexity index is 490. The SMILES string of the molecule is Cn1cccc1C(=O)CSCc1ccccc1. The number of ketones is 1. The Morgan fingerprint density at radius 3 is 2.59 bits per heavy atom. The number of carbonyl (C=O) groups excluding carboxylic acids is 1. The van der Waals surface area contributed by atoms with Gasteiger partial charge in [-0.15, -0.1) is 11.8 Å². The van der Waals surface area contributed by atoms with Gasteiger partial charge in [-0.1, -0.05) is 30.3 Å². The lowest BCUT2D eigenvalue weighted by Crippen LogP contribution is -2.07. The fourth-order valence-electron chi connectivity index (χ4n) is 1.66. The summed E-state index contributed by atoms with van der Waals surface area (Å²) in [7, 11) is 1.90. The van der Waals surface area contributed by atoms with E-state index in [-0.39, 0.29) is 5.78 Å². The van der Waals surface area contributed by atoms with Gasteiger partial charge in [0, 0.05) is 19.0 Å². The van der Waals surface area contributed by atoms with Crippen LogP contribution in [0.4, 0.5) is 0 Å². The number of rotatable bonds is 5. The van der Waals surface area contributed by atoms with Gasteiger partial charge in [0.25, 0.3) is 0 Å². The van der Waals surface area contributed by atoms with Gasteiger partial charge in [0.15, 0.2) is 5.78 Å². The summed E-state index contributed by atoms with van der Waals surface area (Å²) in [6.07, 6.45) is 1.90. The van der Waals surface area contributed by atoms with Gasteiger partial charge in [-0.2, -0.15) is 0 Å². The lowest BCUT2D eigenvalue weighted by Gasteiger charge is -2.03. The minimum absolute atomic E-state index is 0.193. The Morgan fingerprint density at radius 1 is 1.18 bits per heavy atom. The van der Waals surface area contributed by atoms with Gasteiger partial charge in [0.05, 0.1) is 11.4 Å². The zero-order chi connectivity index (χ0) is 12.1. The summed E-state index contributed by atoms with van der Waals surface area (Å²) in [6.45, 7) is 0. The van der Waals surface area contributed by atoms with Crippen molar-refractivity contribution in [2.45, 2.75) is 5.75 Å². The van der Waals surface area contributed by atoms with Crippen molar-refractivity contribution in [1.29, 1.82) is 0 Å². The topological polar surface area (TPSA) is 22.0 Å². The molecule has 0 spiro atoms. The first kappa shape index (κ1) is 12.0. The molecule has 0 fully saturated rings. The molecule has 0 atom stereocenters. The normalized spacial score (nSPS) is 10.4. The molecule has 1 aromatic carbocycles. The molecule has 3 heteroatoms. The molecule has 0 saturated heterocycles. The number of benzene rings is 1. The van der Waals surface area contributed by atoms with E-state index < -0.39 is 0 Å². The third-order valence-electron chi connectivity index (χ3n) is 2.57. The molecule has 0 aliphatic heterocycles. The number of hydrogen-bond donors (Lipinski definition) is 0. The molecule has 1 heterocycles. The van der Waals surface area contributed by atoms with Gasteiger partial charge in [0.1, 0.15) is 0 Å². The Balaban J connectivity index is 1.84. The molecule has 2 aromatic rings. The summed E-state index contributed by atoms with van der Waals surface area (Å²) in [6, 6.07) is 14.0. The monoisotopic (exact) mass is 245 g/mol. The Morgan fingerprint density at radius 2 is 1.94 bits per heavy atom. The second-order valence-corrected chi connectivity index (χ2v) is 4.89. The minimum atomic E-state index is 0.193. The molecule has 88 valence electrons. The number of thioether (sulfide) groups is 1. The zero-order valence-corrected chi connectivity index (χ0v) is 10.6. The molecule has 0 unspecified atom stereocenters. The van der Waals surface area contributed by atoms with Crippen LogP contribution in [0, 0.1) is 0 Å². The van der Waals surface area contributed by atoms with Crippen LogP contribution in [-0.4, -0.2) is 16.1 Å². The Hall–Kier alpha value is -1.48. The van der Waals surface area contributed by atoms with Gasteiger partial charge in [-0.25, -0.2) is 0 Å². The van der Waals surface area contributed by atoms with Crippen LogP contribution in [0.2, 0.25) is 0 Å². The Kier molecular flexibility index (Phi) is 4.04. The molecule has 0 aliphatic carbocycles. The van der Waals surface area contributed by atoms with Crippen LogP contribution in [-0.2, 0) is 12.8 Å². The molecule has 2 rings (SSSR count). The molecular weight excluding hydrogens is 230 g/mol. The Labute approximate surface area is 106 Å². The smallest absolute Gasteiger partial charge is 0.189 e. The molecule has 1 aromatic heterocycles. The first-order valence-electron chi connectivity index (χ1n) is 5.53. The molecule has 0 radical (unpaired) electrons. The van der Waals surface area contributed by atoms with E-state index in [2.05, 4.69) is 12.1 Å². The van der Waals surface area contributed by atoms with Crippen molar-refractivity contribution in [3.63, 3.8) is 0 Å². The van der Waals surface area contributed by atoms with Crippen LogP contribution in [0.1, 0.15) is 16.1 Å². The average Bonchev–Trinajstić information content (AvgIpc) is 2.77. The highest BCUT2D eigenvalue weighted by Gasteiger charge is 2.08. The van der Waals surface area contributed by atoms with Crippen molar-refractivity contribution in [2.24, 2.45) is 7.05 Å². The standard InChI is InChI=1S/C14H15NOS/c1-15-9-5-8-13(15)14(16)11-17-10-12-6-3-2-4-7-12/h2-9H,10-11H2,1H3. The van der Waals surface area contributed by atoms with Gasteiger partial charge in [0.2, 0.25) is 0 Å². The van der Waals surface area contributed by atoms with Gasteiger partial charge in [-0.05, 0) is 17.7 Å². The fraction of sp³-hybridized carbons (Fsp3) is 0.214. The number of carbonyl (C=O) groups is 1. The van der Waals surface area contributed by atoms with Gasteiger partial charge >= 0.3 is 0 Å². The van der Waals surface area contributed by atoms with Crippen molar-refractivity contribution >= 4 is 17.5 Å². The van der Waals surface area contributed by atoms with Crippen LogP contribution in [0.3, 0.4) is 0 Å². The quantitative estimate of drug-likeness (QED) is 0.755. The van der Waals surface area contributed by atoms with Crippen LogP contribution in [0.5, 0.6) is 0 Å². The van der Waals surface area contributed by atoms with E-state index in [9.17, 15) is 4.79 Å². The summed E-state index contributed by atoms with van der Waals surface area (Å²) < 4.78 is 1.87. The molecule has 0 saturated carbocycles. The lowest BCUT2D eigenvalue weighted by molar-refractivity contribution is 0.101. The van der Waals surface area contributed by atoms with E-state index in [0.29, 0.717) is 5.75 Å². The summed E-state index contributed by atoms with van der Waals surface area (Å²) in [5.41, 5.74) is 2.04. The summed E-state index contributed by atoms with van der Waals surface area (Å²) >= 11 is 1.66. The fourth-order valence-corrected chi connectivity index (χ4v) is 2.52. The number of nitrogens with zero attached hydrogens (tertiary/aromatic N) is 1. The van der Waals surface area contributed by atoms with E-state index >= 15 is 0 Å². The van der Waals surface area contributed by atoms with Crippen LogP contribution in [0.25, 0.3) is 0 Å². The van der Waals surface area contributed by atoms with Crippen molar-refractivity contribution in [2.75, 3.05) is 5.75 Å². The first-order chi connectivity index (χ1) is 8.27. The second kappa shape index (κ2) is 5.73. The molecular formula is C14H15NOS. The largest absolute Gasteiger partial charge is 0.348 e. The van der Waals surface area contributed by atoms with Crippen LogP contribution >= 0.6 is 11.8 Å². The second-order valence-electron chi connectivity index (χ2n) is 3.91. The third kappa shape index (κ3) is 3.24. The van der Waals surface area contributed by atoms with Crippen molar-refractivity contribution in [1.82, 2.24) is 4.57 Å².